The molecule has 0 atom stereocenters. The van der Waals surface area contributed by atoms with Crippen LogP contribution in [0.25, 0.3) is 21.0 Å². The van der Waals surface area contributed by atoms with Crippen molar-refractivity contribution >= 4 is 61.2 Å². The minimum atomic E-state index is -0.274. The highest BCUT2D eigenvalue weighted by atomic mass is 35.5. The van der Waals surface area contributed by atoms with E-state index in [0.29, 0.717) is 27.2 Å². The summed E-state index contributed by atoms with van der Waals surface area (Å²) in [6, 6.07) is 15.8. The van der Waals surface area contributed by atoms with Crippen molar-refractivity contribution in [3.05, 3.63) is 62.5 Å². The molecule has 4 aromatic rings. The third-order valence-electron chi connectivity index (χ3n) is 4.07. The summed E-state index contributed by atoms with van der Waals surface area (Å²) < 4.78 is 8.99. The van der Waals surface area contributed by atoms with Gasteiger partial charge in [0.05, 0.1) is 26.0 Å². The van der Waals surface area contributed by atoms with Crippen LogP contribution in [0.1, 0.15) is 9.67 Å². The van der Waals surface area contributed by atoms with Crippen LogP contribution in [0.2, 0.25) is 4.34 Å². The number of carbonyl (C=O) groups excluding carboxylic acids is 1. The van der Waals surface area contributed by atoms with Crippen LogP contribution in [0.5, 0.6) is 0 Å². The molecule has 0 saturated heterocycles. The SMILES string of the molecule is COCCn1c(=NC(=O)c2ccc(Cl)s2)sc2c3ccccc3ccc21. The van der Waals surface area contributed by atoms with Crippen molar-refractivity contribution in [2.75, 3.05) is 13.7 Å². The first kappa shape index (κ1) is 17.4. The molecule has 0 bridgehead atoms. The molecule has 4 nitrogen and oxygen atoms in total. The number of rotatable bonds is 4. The lowest BCUT2D eigenvalue weighted by Gasteiger charge is -2.05. The maximum Gasteiger partial charge on any atom is 0.289 e. The molecule has 0 saturated carbocycles. The quantitative estimate of drug-likeness (QED) is 0.484. The highest BCUT2D eigenvalue weighted by Gasteiger charge is 2.12. The maximum atomic E-state index is 12.5. The summed E-state index contributed by atoms with van der Waals surface area (Å²) in [6.07, 6.45) is 0. The fourth-order valence-corrected chi connectivity index (χ4v) is 4.97. The molecule has 2 heterocycles. The molecule has 0 spiro atoms. The first-order valence-corrected chi connectivity index (χ1v) is 10.0. The van der Waals surface area contributed by atoms with Gasteiger partial charge in [0.2, 0.25) is 0 Å². The van der Waals surface area contributed by atoms with Crippen molar-refractivity contribution in [2.24, 2.45) is 4.99 Å². The molecule has 7 heteroatoms. The maximum absolute atomic E-state index is 12.5. The second-order valence-electron chi connectivity index (χ2n) is 5.68. The molecule has 0 aliphatic carbocycles. The van der Waals surface area contributed by atoms with Crippen LogP contribution in [-0.4, -0.2) is 24.2 Å². The highest BCUT2D eigenvalue weighted by Crippen LogP contribution is 2.28. The van der Waals surface area contributed by atoms with E-state index in [1.807, 2.05) is 16.7 Å². The molecule has 2 aromatic carbocycles. The lowest BCUT2D eigenvalue weighted by atomic mass is 10.1. The van der Waals surface area contributed by atoms with E-state index >= 15 is 0 Å². The van der Waals surface area contributed by atoms with Crippen LogP contribution in [0.3, 0.4) is 0 Å². The first-order chi connectivity index (χ1) is 12.7. The second kappa shape index (κ2) is 7.32. The van der Waals surface area contributed by atoms with E-state index in [1.54, 1.807) is 19.2 Å². The van der Waals surface area contributed by atoms with Gasteiger partial charge in [0.25, 0.3) is 5.91 Å². The number of thiazole rings is 1. The van der Waals surface area contributed by atoms with Crippen molar-refractivity contribution in [3.63, 3.8) is 0 Å². The van der Waals surface area contributed by atoms with Crippen LogP contribution in [-0.2, 0) is 11.3 Å². The summed E-state index contributed by atoms with van der Waals surface area (Å²) >= 11 is 8.71. The van der Waals surface area contributed by atoms with Crippen LogP contribution in [0.4, 0.5) is 0 Å². The number of ether oxygens (including phenoxy) is 1. The molecule has 0 N–H and O–H groups in total. The number of thiophene rings is 1. The second-order valence-corrected chi connectivity index (χ2v) is 8.38. The van der Waals surface area contributed by atoms with Gasteiger partial charge in [-0.25, -0.2) is 0 Å². The summed E-state index contributed by atoms with van der Waals surface area (Å²) in [7, 11) is 1.67. The van der Waals surface area contributed by atoms with Crippen LogP contribution < -0.4 is 4.80 Å². The molecule has 132 valence electrons. The van der Waals surface area contributed by atoms with Gasteiger partial charge in [0.1, 0.15) is 0 Å². The number of fused-ring (bicyclic) bond motifs is 3. The Bertz CT molecular complexity index is 1170. The summed E-state index contributed by atoms with van der Waals surface area (Å²) in [5.74, 6) is -0.274. The third kappa shape index (κ3) is 3.21. The predicted octanol–water partition coefficient (Wildman–Crippen LogP) is 4.96. The number of hydrogen-bond donors (Lipinski definition) is 0. The van der Waals surface area contributed by atoms with E-state index in [1.165, 1.54) is 28.1 Å². The standard InChI is InChI=1S/C19H15ClN2O2S2/c1-24-11-10-22-14-7-6-12-4-2-3-5-13(12)17(14)26-19(22)21-18(23)15-8-9-16(20)25-15/h2-9H,10-11H2,1H3. The minimum absolute atomic E-state index is 0.274. The van der Waals surface area contributed by atoms with Crippen molar-refractivity contribution in [3.8, 4) is 0 Å². The molecule has 0 fully saturated rings. The molecule has 0 aliphatic heterocycles. The fourth-order valence-electron chi connectivity index (χ4n) is 2.85. The van der Waals surface area contributed by atoms with Gasteiger partial charge in [-0.05, 0) is 23.6 Å². The monoisotopic (exact) mass is 402 g/mol. The summed E-state index contributed by atoms with van der Waals surface area (Å²) in [5.41, 5.74) is 1.06. The van der Waals surface area contributed by atoms with Gasteiger partial charge in [-0.15, -0.1) is 11.3 Å². The predicted molar refractivity (Wildman–Crippen MR) is 108 cm³/mol. The Balaban J connectivity index is 1.93. The number of carbonyl (C=O) groups is 1. The van der Waals surface area contributed by atoms with E-state index in [9.17, 15) is 4.79 Å². The van der Waals surface area contributed by atoms with Gasteiger partial charge >= 0.3 is 0 Å². The van der Waals surface area contributed by atoms with Crippen LogP contribution in [0.15, 0.2) is 53.5 Å². The number of nitrogens with zero attached hydrogens (tertiary/aromatic N) is 2. The molecule has 0 radical (unpaired) electrons. The Kier molecular flexibility index (Phi) is 4.91. The zero-order valence-corrected chi connectivity index (χ0v) is 16.3. The van der Waals surface area contributed by atoms with Gasteiger partial charge < -0.3 is 9.30 Å². The normalized spacial score (nSPS) is 12.3. The minimum Gasteiger partial charge on any atom is -0.383 e. The largest absolute Gasteiger partial charge is 0.383 e. The van der Waals surface area contributed by atoms with E-state index in [2.05, 4.69) is 29.3 Å². The molecular formula is C19H15ClN2O2S2. The number of halogens is 1. The van der Waals surface area contributed by atoms with Crippen LogP contribution >= 0.6 is 34.3 Å². The molecule has 26 heavy (non-hydrogen) atoms. The number of hydrogen-bond acceptors (Lipinski definition) is 4. The molecular weight excluding hydrogens is 388 g/mol. The summed E-state index contributed by atoms with van der Waals surface area (Å²) in [5, 5.41) is 2.33. The zero-order valence-electron chi connectivity index (χ0n) is 13.9. The summed E-state index contributed by atoms with van der Waals surface area (Å²) in [4.78, 5) is 18.1. The Morgan fingerprint density at radius 2 is 2.00 bits per heavy atom. The Morgan fingerprint density at radius 3 is 2.77 bits per heavy atom. The Labute approximate surface area is 162 Å². The molecule has 0 unspecified atom stereocenters. The van der Waals surface area contributed by atoms with Crippen molar-refractivity contribution in [1.29, 1.82) is 0 Å². The molecule has 4 rings (SSSR count). The number of methoxy groups -OCH3 is 1. The van der Waals surface area contributed by atoms with E-state index in [-0.39, 0.29) is 5.91 Å². The average molecular weight is 403 g/mol. The van der Waals surface area contributed by atoms with Crippen molar-refractivity contribution < 1.29 is 9.53 Å². The number of amides is 1. The van der Waals surface area contributed by atoms with E-state index in [0.717, 1.165) is 15.6 Å². The molecule has 2 aromatic heterocycles. The molecule has 0 aliphatic rings. The van der Waals surface area contributed by atoms with Gasteiger partial charge in [-0.3, -0.25) is 4.79 Å². The van der Waals surface area contributed by atoms with Crippen LogP contribution in [0, 0.1) is 0 Å². The van der Waals surface area contributed by atoms with Gasteiger partial charge in [-0.1, -0.05) is 53.3 Å². The first-order valence-electron chi connectivity index (χ1n) is 8.02. The smallest absolute Gasteiger partial charge is 0.289 e. The lowest BCUT2D eigenvalue weighted by Crippen LogP contribution is -2.19. The van der Waals surface area contributed by atoms with Gasteiger partial charge in [-0.2, -0.15) is 4.99 Å². The average Bonchev–Trinajstić information content (AvgIpc) is 3.23. The third-order valence-corrected chi connectivity index (χ3v) is 6.42. The lowest BCUT2D eigenvalue weighted by molar-refractivity contribution is 0.100. The Morgan fingerprint density at radius 1 is 1.15 bits per heavy atom. The number of aromatic nitrogens is 1. The van der Waals surface area contributed by atoms with Gasteiger partial charge in [0, 0.05) is 19.0 Å². The van der Waals surface area contributed by atoms with E-state index < -0.39 is 0 Å². The Hall–Kier alpha value is -1.99. The molecule has 1 amide bonds. The number of benzene rings is 2. The van der Waals surface area contributed by atoms with Gasteiger partial charge in [0.15, 0.2) is 4.80 Å². The zero-order chi connectivity index (χ0) is 18.1. The fraction of sp³-hybridized carbons (Fsp3) is 0.158. The van der Waals surface area contributed by atoms with E-state index in [4.69, 9.17) is 16.3 Å². The summed E-state index contributed by atoms with van der Waals surface area (Å²) in [6.45, 7) is 1.18. The topological polar surface area (TPSA) is 43.6 Å². The highest BCUT2D eigenvalue weighted by molar-refractivity contribution is 7.18. The van der Waals surface area contributed by atoms with Crippen molar-refractivity contribution in [1.82, 2.24) is 4.57 Å². The van der Waals surface area contributed by atoms with Crippen molar-refractivity contribution in [2.45, 2.75) is 6.54 Å².